The minimum absolute atomic E-state index is 0.0218. The number of likely N-dealkylation sites (N-methyl/N-ethyl adjacent to an activating group) is 1. The Bertz CT molecular complexity index is 1560. The molecule has 41 heavy (non-hydrogen) atoms. The molecule has 0 spiro atoms. The molecule has 1 amide bonds. The van der Waals surface area contributed by atoms with Gasteiger partial charge in [-0.15, -0.1) is 0 Å². The van der Waals surface area contributed by atoms with Crippen LogP contribution in [0.4, 0.5) is 5.69 Å². The van der Waals surface area contributed by atoms with Crippen molar-refractivity contribution in [2.75, 3.05) is 33.1 Å². The molecular weight excluding hydrogens is 573 g/mol. The van der Waals surface area contributed by atoms with Gasteiger partial charge >= 0.3 is 0 Å². The first-order valence-electron chi connectivity index (χ1n) is 13.0. The maximum atomic E-state index is 14.1. The van der Waals surface area contributed by atoms with Crippen LogP contribution in [-0.2, 0) is 25.6 Å². The number of carbonyl (C=O) groups excluding carboxylic acids is 5. The number of nitrogens with zero attached hydrogens (tertiary/aromatic N) is 2. The number of benzene rings is 2. The van der Waals surface area contributed by atoms with Gasteiger partial charge in [-0.3, -0.25) is 28.9 Å². The summed E-state index contributed by atoms with van der Waals surface area (Å²) in [5.74, 6) is -10.9. The van der Waals surface area contributed by atoms with Gasteiger partial charge in [-0.05, 0) is 62.2 Å². The number of phenolic OH excluding ortho intramolecular Hbond substituents is 1. The molecule has 0 aromatic heterocycles. The number of nitrogens with two attached hydrogens (primary N) is 1. The van der Waals surface area contributed by atoms with Gasteiger partial charge in [0.15, 0.2) is 34.7 Å². The molecule has 0 bridgehead atoms. The van der Waals surface area contributed by atoms with Gasteiger partial charge in [0.2, 0.25) is 5.91 Å². The number of rotatable bonds is 4. The van der Waals surface area contributed by atoms with Gasteiger partial charge in [-0.2, -0.15) is 0 Å². The number of phenols is 1. The Morgan fingerprint density at radius 2 is 1.68 bits per heavy atom. The smallest absolute Gasteiger partial charge is 0.235 e. The highest BCUT2D eigenvalue weighted by Gasteiger charge is 2.69. The summed E-state index contributed by atoms with van der Waals surface area (Å²) in [6, 6.07) is 5.29. The maximum Gasteiger partial charge on any atom is 0.235 e. The number of aromatic hydroxyl groups is 1. The summed E-state index contributed by atoms with van der Waals surface area (Å²) in [5.41, 5.74) is 4.38. The van der Waals surface area contributed by atoms with Crippen LogP contribution in [0.25, 0.3) is 11.1 Å². The zero-order chi connectivity index (χ0) is 30.3. The summed E-state index contributed by atoms with van der Waals surface area (Å²) in [6.45, 7) is 0. The highest BCUT2D eigenvalue weighted by molar-refractivity contribution is 6.42. The Kier molecular flexibility index (Phi) is 7.05. The van der Waals surface area contributed by atoms with E-state index in [-0.39, 0.29) is 34.7 Å². The highest BCUT2D eigenvalue weighted by atomic mass is 35.5. The van der Waals surface area contributed by atoms with E-state index in [1.165, 1.54) is 4.90 Å². The highest BCUT2D eigenvalue weighted by Crippen LogP contribution is 2.53. The zero-order valence-corrected chi connectivity index (χ0v) is 24.3. The summed E-state index contributed by atoms with van der Waals surface area (Å²) < 4.78 is 0. The fraction of sp³-hybridized carbons (Fsp3) is 0.414. The summed E-state index contributed by atoms with van der Waals surface area (Å²) >= 11 is 12.3. The third-order valence-corrected chi connectivity index (χ3v) is 9.49. The number of amides is 1. The molecule has 0 heterocycles. The van der Waals surface area contributed by atoms with E-state index in [0.29, 0.717) is 21.8 Å². The van der Waals surface area contributed by atoms with Crippen LogP contribution in [0.2, 0.25) is 10.0 Å². The molecule has 2 aromatic carbocycles. The summed E-state index contributed by atoms with van der Waals surface area (Å²) in [7, 11) is 6.64. The lowest BCUT2D eigenvalue weighted by molar-refractivity contribution is -0.181. The van der Waals surface area contributed by atoms with Crippen LogP contribution in [0.3, 0.4) is 0 Å². The van der Waals surface area contributed by atoms with Crippen LogP contribution in [-0.4, -0.2) is 84.0 Å². The van der Waals surface area contributed by atoms with Gasteiger partial charge in [0.05, 0.1) is 27.6 Å². The second-order valence-corrected chi connectivity index (χ2v) is 12.3. The van der Waals surface area contributed by atoms with E-state index in [4.69, 9.17) is 28.9 Å². The van der Waals surface area contributed by atoms with Crippen molar-refractivity contribution in [3.63, 3.8) is 0 Å². The maximum absolute atomic E-state index is 14.1. The van der Waals surface area contributed by atoms with E-state index in [1.54, 1.807) is 57.4 Å². The molecule has 2 unspecified atom stereocenters. The lowest BCUT2D eigenvalue weighted by Crippen LogP contribution is -2.74. The second-order valence-electron chi connectivity index (χ2n) is 11.5. The Labute approximate surface area is 246 Å². The van der Waals surface area contributed by atoms with Crippen molar-refractivity contribution in [1.29, 1.82) is 0 Å². The molecule has 12 heteroatoms. The van der Waals surface area contributed by atoms with Crippen molar-refractivity contribution in [2.24, 2.45) is 29.4 Å². The third kappa shape index (κ3) is 4.11. The van der Waals surface area contributed by atoms with Gasteiger partial charge in [0.1, 0.15) is 5.75 Å². The monoisotopic (exact) mass is 601 g/mol. The predicted molar refractivity (Wildman–Crippen MR) is 151 cm³/mol. The summed E-state index contributed by atoms with van der Waals surface area (Å²) in [6.07, 6.45) is 0.140. The van der Waals surface area contributed by atoms with E-state index in [2.05, 4.69) is 0 Å². The average molecular weight is 602 g/mol. The van der Waals surface area contributed by atoms with E-state index >= 15 is 0 Å². The molecule has 0 radical (unpaired) electrons. The van der Waals surface area contributed by atoms with Gasteiger partial charge in [0.25, 0.3) is 0 Å². The first-order valence-corrected chi connectivity index (χ1v) is 13.7. The molecule has 3 aliphatic rings. The van der Waals surface area contributed by atoms with Crippen molar-refractivity contribution in [2.45, 2.75) is 24.5 Å². The minimum Gasteiger partial charge on any atom is -0.507 e. The van der Waals surface area contributed by atoms with Crippen LogP contribution >= 0.6 is 23.2 Å². The molecule has 5 rings (SSSR count). The minimum atomic E-state index is -2.78. The molecule has 216 valence electrons. The quantitative estimate of drug-likeness (QED) is 0.445. The molecule has 6 atom stereocenters. The third-order valence-electron chi connectivity index (χ3n) is 8.75. The first kappa shape index (κ1) is 29.2. The number of fused-ring (bicyclic) bond motifs is 3. The van der Waals surface area contributed by atoms with Crippen LogP contribution < -0.4 is 10.6 Å². The van der Waals surface area contributed by atoms with Crippen LogP contribution in [0.1, 0.15) is 22.3 Å². The normalized spacial score (nSPS) is 29.2. The summed E-state index contributed by atoms with van der Waals surface area (Å²) in [4.78, 5) is 70.3. The number of aliphatic hydroxyl groups is 1. The van der Waals surface area contributed by atoms with Gasteiger partial charge in [0, 0.05) is 31.3 Å². The Hall–Kier alpha value is -3.31. The fourth-order valence-electron chi connectivity index (χ4n) is 6.93. The number of hydrogen-bond donors (Lipinski definition) is 3. The molecule has 10 nitrogen and oxygen atoms in total. The molecule has 2 saturated carbocycles. The van der Waals surface area contributed by atoms with Gasteiger partial charge < -0.3 is 20.8 Å². The van der Waals surface area contributed by atoms with Crippen molar-refractivity contribution in [3.05, 3.63) is 45.4 Å². The van der Waals surface area contributed by atoms with Crippen molar-refractivity contribution < 1.29 is 34.2 Å². The number of Topliss-reactive ketones (excluding diaryl/α,β-unsaturated/α-hetero) is 4. The molecule has 2 aromatic rings. The number of primary amides is 1. The van der Waals surface area contributed by atoms with Crippen LogP contribution in [0, 0.1) is 23.7 Å². The number of hydrogen-bond acceptors (Lipinski definition) is 9. The Morgan fingerprint density at radius 3 is 2.24 bits per heavy atom. The molecule has 4 N–H and O–H groups in total. The number of carbonyl (C=O) groups is 5. The van der Waals surface area contributed by atoms with Crippen LogP contribution in [0.15, 0.2) is 24.3 Å². The number of halogens is 2. The van der Waals surface area contributed by atoms with Crippen molar-refractivity contribution in [3.8, 4) is 16.9 Å². The first-order chi connectivity index (χ1) is 19.1. The van der Waals surface area contributed by atoms with E-state index in [1.807, 2.05) is 0 Å². The molecule has 0 aliphatic heterocycles. The largest absolute Gasteiger partial charge is 0.507 e. The van der Waals surface area contributed by atoms with Crippen molar-refractivity contribution in [1.82, 2.24) is 4.90 Å². The van der Waals surface area contributed by atoms with Gasteiger partial charge in [-0.1, -0.05) is 29.3 Å². The van der Waals surface area contributed by atoms with E-state index in [0.717, 1.165) is 0 Å². The molecule has 0 saturated heterocycles. The SMILES string of the molecule is CN(C)c1cc(-c2ccc(Cl)c(Cl)c2)c(O)c2c1C[C@@H]1C[C@@H]3[C@@H](N(C)C)C(=O)C(C(N)=O)C(=O)[C@]3(O)C(=O)C1C2=O. The van der Waals surface area contributed by atoms with Crippen molar-refractivity contribution >= 4 is 57.9 Å². The van der Waals surface area contributed by atoms with Crippen LogP contribution in [0.5, 0.6) is 5.75 Å². The molecule has 2 fully saturated rings. The Morgan fingerprint density at radius 1 is 1.02 bits per heavy atom. The second kappa shape index (κ2) is 9.90. The topological polar surface area (TPSA) is 158 Å². The molecule has 3 aliphatic carbocycles. The van der Waals surface area contributed by atoms with Gasteiger partial charge in [-0.25, -0.2) is 0 Å². The number of ketones is 4. The lowest BCUT2D eigenvalue weighted by Gasteiger charge is -2.52. The summed E-state index contributed by atoms with van der Waals surface area (Å²) in [5, 5.41) is 23.7. The zero-order valence-electron chi connectivity index (χ0n) is 22.8. The standard InChI is InChI=1S/C29H29Cl2N3O7/c1-33(2)18-10-13(11-5-6-16(30)17(31)9-11)23(35)20-14(18)7-12-8-15-22(34(3)4)25(37)21(28(32)40)27(39)29(15,41)26(38)19(12)24(20)36/h5-6,9-10,12,15,19,21-22,35,41H,7-8H2,1-4H3,(H2,32,40)/t12-,15-,19?,21?,22-,29-/m1/s1. The molecular formula is C29H29Cl2N3O7. The Balaban J connectivity index is 1.69. The lowest BCUT2D eigenvalue weighted by atomic mass is 9.52. The van der Waals surface area contributed by atoms with E-state index in [9.17, 15) is 34.2 Å². The average Bonchev–Trinajstić information content (AvgIpc) is 2.87. The fourth-order valence-corrected chi connectivity index (χ4v) is 7.23. The van der Waals surface area contributed by atoms with E-state index < -0.39 is 64.4 Å². The predicted octanol–water partition coefficient (Wildman–Crippen LogP) is 1.91. The number of anilines is 1.